The predicted molar refractivity (Wildman–Crippen MR) is 110 cm³/mol. The molecule has 2 heterocycles. The van der Waals surface area contributed by atoms with Gasteiger partial charge in [-0.2, -0.15) is 13.5 Å². The highest BCUT2D eigenvalue weighted by molar-refractivity contribution is 7.91. The molecule has 0 amide bonds. The number of nitrogens with zero attached hydrogens (tertiary/aromatic N) is 4. The van der Waals surface area contributed by atoms with Crippen molar-refractivity contribution in [3.63, 3.8) is 0 Å². The molecular weight excluding hydrogens is 394 g/mol. The SMILES string of the molecule is CC1CCCC(C)(C)C1N=C([O-])NS(=O)(=O)N(c1cnn(C)c1)C1CCOCC1. The number of anilines is 1. The van der Waals surface area contributed by atoms with Gasteiger partial charge in [-0.1, -0.05) is 27.2 Å². The van der Waals surface area contributed by atoms with Gasteiger partial charge in [0.25, 0.3) is 0 Å². The molecule has 0 bridgehead atoms. The lowest BCUT2D eigenvalue weighted by molar-refractivity contribution is -0.220. The van der Waals surface area contributed by atoms with Crippen molar-refractivity contribution in [1.29, 1.82) is 0 Å². The van der Waals surface area contributed by atoms with E-state index in [0.717, 1.165) is 19.3 Å². The van der Waals surface area contributed by atoms with E-state index in [0.29, 0.717) is 31.7 Å². The van der Waals surface area contributed by atoms with E-state index in [2.05, 4.69) is 35.6 Å². The number of aromatic nitrogens is 2. The summed E-state index contributed by atoms with van der Waals surface area (Å²) >= 11 is 0. The van der Waals surface area contributed by atoms with E-state index in [-0.39, 0.29) is 23.4 Å². The van der Waals surface area contributed by atoms with Gasteiger partial charge in [0, 0.05) is 26.5 Å². The van der Waals surface area contributed by atoms with Crippen LogP contribution in [0.4, 0.5) is 5.69 Å². The van der Waals surface area contributed by atoms with Gasteiger partial charge in [-0.3, -0.25) is 14.4 Å². The minimum atomic E-state index is -4.14. The zero-order chi connectivity index (χ0) is 21.2. The van der Waals surface area contributed by atoms with Crippen LogP contribution in [0.1, 0.15) is 52.9 Å². The number of hydrogen-bond acceptors (Lipinski definition) is 6. The average Bonchev–Trinajstić information content (AvgIpc) is 3.04. The zero-order valence-corrected chi connectivity index (χ0v) is 18.5. The van der Waals surface area contributed by atoms with Crippen LogP contribution in [0.5, 0.6) is 0 Å². The van der Waals surface area contributed by atoms with Crippen molar-refractivity contribution in [1.82, 2.24) is 14.5 Å². The highest BCUT2D eigenvalue weighted by Crippen LogP contribution is 2.40. The van der Waals surface area contributed by atoms with Crippen LogP contribution in [0, 0.1) is 11.3 Å². The molecule has 1 saturated heterocycles. The van der Waals surface area contributed by atoms with Crippen LogP contribution in [0.15, 0.2) is 17.4 Å². The van der Waals surface area contributed by atoms with Crippen molar-refractivity contribution in [3.05, 3.63) is 12.4 Å². The minimum Gasteiger partial charge on any atom is -0.846 e. The monoisotopic (exact) mass is 426 g/mol. The third-order valence-electron chi connectivity index (χ3n) is 6.02. The van der Waals surface area contributed by atoms with Gasteiger partial charge in [-0.05, 0) is 37.0 Å². The molecule has 2 atom stereocenters. The number of ether oxygens (including phenoxy) is 1. The second-order valence-corrected chi connectivity index (χ2v) is 10.4. The molecule has 1 aliphatic carbocycles. The molecule has 164 valence electrons. The first-order chi connectivity index (χ1) is 13.6. The summed E-state index contributed by atoms with van der Waals surface area (Å²) in [5.74, 6) is 0.233. The van der Waals surface area contributed by atoms with Crippen molar-refractivity contribution in [3.8, 4) is 0 Å². The van der Waals surface area contributed by atoms with Crippen LogP contribution in [-0.4, -0.2) is 49.5 Å². The summed E-state index contributed by atoms with van der Waals surface area (Å²) in [6.07, 6.45) is 7.27. The standard InChI is InChI=1S/C19H33N5O4S/c1-14-6-5-9-19(2,3)17(14)21-18(25)22-29(26,27)24(15-7-10-28-11-8-15)16-12-20-23(4)13-16/h12-15,17H,5-11H2,1-4H3,(H2,21,22,25)/p-1. The average molecular weight is 427 g/mol. The van der Waals surface area contributed by atoms with Crippen LogP contribution in [-0.2, 0) is 22.0 Å². The molecule has 10 heteroatoms. The van der Waals surface area contributed by atoms with Crippen LogP contribution in [0.25, 0.3) is 0 Å². The van der Waals surface area contributed by atoms with E-state index in [1.807, 2.05) is 0 Å². The number of aryl methyl sites for hydroxylation is 1. The molecule has 1 aliphatic heterocycles. The first-order valence-corrected chi connectivity index (χ1v) is 11.7. The first-order valence-electron chi connectivity index (χ1n) is 10.2. The van der Waals surface area contributed by atoms with Gasteiger partial charge in [0.05, 0.1) is 30.0 Å². The topological polar surface area (TPSA) is 112 Å². The number of hydrogen-bond donors (Lipinski definition) is 1. The quantitative estimate of drug-likeness (QED) is 0.561. The van der Waals surface area contributed by atoms with Gasteiger partial charge in [-0.15, -0.1) is 0 Å². The van der Waals surface area contributed by atoms with E-state index < -0.39 is 16.2 Å². The predicted octanol–water partition coefficient (Wildman–Crippen LogP) is 1.17. The Morgan fingerprint density at radius 2 is 2.07 bits per heavy atom. The number of amidine groups is 1. The lowest BCUT2D eigenvalue weighted by atomic mass is 9.69. The van der Waals surface area contributed by atoms with Crippen molar-refractivity contribution < 1.29 is 18.3 Å². The molecule has 1 aromatic rings. The summed E-state index contributed by atoms with van der Waals surface area (Å²) in [5.41, 5.74) is 0.286. The van der Waals surface area contributed by atoms with Crippen LogP contribution in [0.3, 0.4) is 0 Å². The van der Waals surface area contributed by atoms with Crippen LogP contribution < -0.4 is 14.1 Å². The molecule has 0 spiro atoms. The third kappa shape index (κ3) is 5.03. The van der Waals surface area contributed by atoms with E-state index in [1.54, 1.807) is 13.2 Å². The first kappa shape index (κ1) is 21.9. The summed E-state index contributed by atoms with van der Waals surface area (Å²) in [4.78, 5) is 4.28. The fraction of sp³-hybridized carbons (Fsp3) is 0.789. The molecule has 9 nitrogen and oxygen atoms in total. The van der Waals surface area contributed by atoms with Gasteiger partial charge >= 0.3 is 10.2 Å². The summed E-state index contributed by atoms with van der Waals surface area (Å²) in [7, 11) is -2.41. The Bertz CT molecular complexity index is 829. The van der Waals surface area contributed by atoms with E-state index in [4.69, 9.17) is 4.74 Å². The molecule has 0 aromatic carbocycles. The fourth-order valence-electron chi connectivity index (χ4n) is 4.56. The molecule has 0 radical (unpaired) electrons. The molecule has 29 heavy (non-hydrogen) atoms. The summed E-state index contributed by atoms with van der Waals surface area (Å²) in [5, 5.41) is 16.7. The van der Waals surface area contributed by atoms with E-state index in [1.165, 1.54) is 15.2 Å². The summed E-state index contributed by atoms with van der Waals surface area (Å²) in [6, 6.07) is -1.32. The molecule has 1 saturated carbocycles. The van der Waals surface area contributed by atoms with Crippen LogP contribution >= 0.6 is 0 Å². The second kappa shape index (κ2) is 8.51. The van der Waals surface area contributed by atoms with Gasteiger partial charge < -0.3 is 9.84 Å². The van der Waals surface area contributed by atoms with Crippen LogP contribution in [0.2, 0.25) is 0 Å². The van der Waals surface area contributed by atoms with Gasteiger partial charge in [-0.25, -0.2) is 4.31 Å². The Kier molecular flexibility index (Phi) is 6.42. The van der Waals surface area contributed by atoms with Crippen molar-refractivity contribution in [2.45, 2.75) is 65.0 Å². The number of rotatable bonds is 5. The normalized spacial score (nSPS) is 26.3. The zero-order valence-electron chi connectivity index (χ0n) is 17.7. The molecular formula is C19H32N5O4S-. The number of nitrogens with one attached hydrogen (secondary N) is 1. The van der Waals surface area contributed by atoms with E-state index in [9.17, 15) is 13.5 Å². The smallest absolute Gasteiger partial charge is 0.324 e. The Balaban J connectivity index is 1.85. The van der Waals surface area contributed by atoms with Crippen molar-refractivity contribution in [2.24, 2.45) is 23.4 Å². The fourth-order valence-corrected chi connectivity index (χ4v) is 5.90. The Labute approximate surface area is 173 Å². The number of aliphatic imine (C=N–C) groups is 1. The maximum Gasteiger partial charge on any atom is 0.324 e. The Morgan fingerprint density at radius 1 is 1.38 bits per heavy atom. The summed E-state index contributed by atoms with van der Waals surface area (Å²) < 4.78 is 36.7. The maximum atomic E-state index is 13.2. The molecule has 2 aliphatic rings. The Morgan fingerprint density at radius 3 is 2.66 bits per heavy atom. The Hall–Kier alpha value is -1.81. The van der Waals surface area contributed by atoms with Crippen molar-refractivity contribution >= 4 is 21.9 Å². The van der Waals surface area contributed by atoms with Gasteiger partial charge in [0.1, 0.15) is 0 Å². The highest BCUT2D eigenvalue weighted by Gasteiger charge is 2.37. The molecule has 1 N–H and O–H groups in total. The van der Waals surface area contributed by atoms with E-state index >= 15 is 0 Å². The largest absolute Gasteiger partial charge is 0.846 e. The highest BCUT2D eigenvalue weighted by atomic mass is 32.2. The molecule has 2 fully saturated rings. The van der Waals surface area contributed by atoms with Gasteiger partial charge in [0.15, 0.2) is 0 Å². The molecule has 3 rings (SSSR count). The lowest BCUT2D eigenvalue weighted by Crippen LogP contribution is -2.53. The van der Waals surface area contributed by atoms with Crippen molar-refractivity contribution in [2.75, 3.05) is 17.5 Å². The second-order valence-electron chi connectivity index (χ2n) is 8.86. The summed E-state index contributed by atoms with van der Waals surface area (Å²) in [6.45, 7) is 7.19. The molecule has 1 aromatic heterocycles. The third-order valence-corrected chi connectivity index (χ3v) is 7.48. The lowest BCUT2D eigenvalue weighted by Gasteiger charge is -2.41. The maximum absolute atomic E-state index is 13.2. The van der Waals surface area contributed by atoms with Gasteiger partial charge in [0.2, 0.25) is 0 Å². The molecule has 2 unspecified atom stereocenters. The minimum absolute atomic E-state index is 0.136.